The van der Waals surface area contributed by atoms with Gasteiger partial charge in [0.05, 0.1) is 10.5 Å². The third kappa shape index (κ3) is 5.14. The molecule has 9 heteroatoms. The van der Waals surface area contributed by atoms with E-state index >= 15 is 0 Å². The number of hydrogen-bond donors (Lipinski definition) is 2. The summed E-state index contributed by atoms with van der Waals surface area (Å²) in [6.07, 6.45) is 2.08. The van der Waals surface area contributed by atoms with Gasteiger partial charge in [0, 0.05) is 43.9 Å². The Morgan fingerprint density at radius 3 is 2.50 bits per heavy atom. The summed E-state index contributed by atoms with van der Waals surface area (Å²) in [5.74, 6) is -0.759. The van der Waals surface area contributed by atoms with E-state index in [4.69, 9.17) is 0 Å². The van der Waals surface area contributed by atoms with E-state index in [0.29, 0.717) is 12.2 Å². The monoisotopic (exact) mass is 432 g/mol. The Morgan fingerprint density at radius 1 is 1.20 bits per heavy atom. The average molecular weight is 433 g/mol. The lowest BCUT2D eigenvalue weighted by Crippen LogP contribution is -2.37. The molecule has 2 N–H and O–H groups in total. The van der Waals surface area contributed by atoms with Crippen LogP contribution < -0.4 is 15.5 Å². The van der Waals surface area contributed by atoms with Crippen LogP contribution in [0.2, 0.25) is 0 Å². The van der Waals surface area contributed by atoms with Crippen LogP contribution in [0.5, 0.6) is 0 Å². The molecule has 2 aromatic carbocycles. The molecule has 0 aliphatic carbocycles. The minimum Gasteiger partial charge on any atom is -0.372 e. The zero-order valence-corrected chi connectivity index (χ0v) is 17.7. The van der Waals surface area contributed by atoms with E-state index in [0.717, 1.165) is 19.4 Å². The number of carbonyl (C=O) groups is 2. The first-order valence-electron chi connectivity index (χ1n) is 9.49. The van der Waals surface area contributed by atoms with Gasteiger partial charge in [0.2, 0.25) is 0 Å². The van der Waals surface area contributed by atoms with Crippen molar-refractivity contribution in [2.24, 2.45) is 0 Å². The quantitative estimate of drug-likeness (QED) is 0.396. The normalized spacial score (nSPS) is 15.2. The first-order valence-corrected chi connectivity index (χ1v) is 9.49. The molecule has 1 amide bonds. The van der Waals surface area contributed by atoms with Gasteiger partial charge in [-0.15, -0.1) is 12.4 Å². The SMILES string of the molecule is CN(C)c1ccc(C(=O)c2ccccc2C(=O)NCC2CCCN2)cc1[N+](=O)[O-].Cl. The number of nitrogens with zero attached hydrogens (tertiary/aromatic N) is 2. The van der Waals surface area contributed by atoms with Crippen LogP contribution in [0, 0.1) is 10.1 Å². The van der Waals surface area contributed by atoms with E-state index in [-0.39, 0.29) is 46.7 Å². The Balaban J connectivity index is 0.00000320. The number of hydrogen-bond acceptors (Lipinski definition) is 6. The smallest absolute Gasteiger partial charge is 0.293 e. The summed E-state index contributed by atoms with van der Waals surface area (Å²) in [6.45, 7) is 1.43. The highest BCUT2D eigenvalue weighted by atomic mass is 35.5. The highest BCUT2D eigenvalue weighted by Crippen LogP contribution is 2.29. The van der Waals surface area contributed by atoms with Gasteiger partial charge in [0.1, 0.15) is 5.69 Å². The second kappa shape index (κ2) is 10.2. The van der Waals surface area contributed by atoms with Gasteiger partial charge in [-0.1, -0.05) is 18.2 Å². The molecular weight excluding hydrogens is 408 g/mol. The van der Waals surface area contributed by atoms with Crippen molar-refractivity contribution in [3.63, 3.8) is 0 Å². The van der Waals surface area contributed by atoms with Crippen LogP contribution >= 0.6 is 12.4 Å². The number of anilines is 1. The molecule has 1 aliphatic rings. The molecule has 8 nitrogen and oxygen atoms in total. The first-order chi connectivity index (χ1) is 13.9. The fourth-order valence-electron chi connectivity index (χ4n) is 3.47. The number of nitro groups is 1. The van der Waals surface area contributed by atoms with E-state index in [1.54, 1.807) is 55.4 Å². The lowest BCUT2D eigenvalue weighted by atomic mass is 9.97. The van der Waals surface area contributed by atoms with Gasteiger partial charge in [0.15, 0.2) is 5.78 Å². The molecule has 1 unspecified atom stereocenters. The molecule has 0 radical (unpaired) electrons. The van der Waals surface area contributed by atoms with Crippen LogP contribution in [0.15, 0.2) is 42.5 Å². The van der Waals surface area contributed by atoms with Crippen LogP contribution in [0.1, 0.15) is 39.1 Å². The Bertz CT molecular complexity index is 942. The maximum absolute atomic E-state index is 13.1. The Morgan fingerprint density at radius 2 is 1.90 bits per heavy atom. The number of nitrogens with one attached hydrogen (secondary N) is 2. The highest BCUT2D eigenvalue weighted by Gasteiger charge is 2.23. The highest BCUT2D eigenvalue weighted by molar-refractivity contribution is 6.15. The topological polar surface area (TPSA) is 105 Å². The summed E-state index contributed by atoms with van der Waals surface area (Å²) in [6, 6.07) is 11.1. The van der Waals surface area contributed by atoms with Crippen molar-refractivity contribution >= 4 is 35.5 Å². The fourth-order valence-corrected chi connectivity index (χ4v) is 3.47. The average Bonchev–Trinajstić information content (AvgIpc) is 3.24. The summed E-state index contributed by atoms with van der Waals surface area (Å²) in [7, 11) is 3.39. The molecule has 0 aromatic heterocycles. The molecule has 0 spiro atoms. The summed E-state index contributed by atoms with van der Waals surface area (Å²) < 4.78 is 0. The van der Waals surface area contributed by atoms with Gasteiger partial charge >= 0.3 is 0 Å². The van der Waals surface area contributed by atoms with E-state index in [2.05, 4.69) is 10.6 Å². The van der Waals surface area contributed by atoms with Crippen molar-refractivity contribution in [1.82, 2.24) is 10.6 Å². The number of halogens is 1. The fraction of sp³-hybridized carbons (Fsp3) is 0.333. The number of carbonyl (C=O) groups excluding carboxylic acids is 2. The van der Waals surface area contributed by atoms with Crippen molar-refractivity contribution < 1.29 is 14.5 Å². The first kappa shape index (κ1) is 23.3. The van der Waals surface area contributed by atoms with Gasteiger partial charge < -0.3 is 15.5 Å². The predicted molar refractivity (Wildman–Crippen MR) is 118 cm³/mol. The van der Waals surface area contributed by atoms with Crippen LogP contribution in [-0.2, 0) is 0 Å². The van der Waals surface area contributed by atoms with Gasteiger partial charge in [-0.25, -0.2) is 0 Å². The molecule has 1 aliphatic heterocycles. The van der Waals surface area contributed by atoms with E-state index < -0.39 is 10.7 Å². The van der Waals surface area contributed by atoms with Gasteiger partial charge in [-0.05, 0) is 37.6 Å². The van der Waals surface area contributed by atoms with E-state index in [1.165, 1.54) is 6.07 Å². The lowest BCUT2D eigenvalue weighted by Gasteiger charge is -2.15. The molecule has 2 aromatic rings. The van der Waals surface area contributed by atoms with Crippen LogP contribution in [0.3, 0.4) is 0 Å². The predicted octanol–water partition coefficient (Wildman–Crippen LogP) is 2.80. The summed E-state index contributed by atoms with van der Waals surface area (Å²) >= 11 is 0. The maximum Gasteiger partial charge on any atom is 0.293 e. The Hall–Kier alpha value is -2.97. The molecular formula is C21H25ClN4O4. The van der Waals surface area contributed by atoms with Gasteiger partial charge in [-0.2, -0.15) is 0 Å². The molecule has 160 valence electrons. The largest absolute Gasteiger partial charge is 0.372 e. The Kier molecular flexibility index (Phi) is 7.91. The molecule has 0 saturated carbocycles. The molecule has 3 rings (SSSR count). The van der Waals surface area contributed by atoms with Crippen molar-refractivity contribution in [3.8, 4) is 0 Å². The molecule has 1 fully saturated rings. The summed E-state index contributed by atoms with van der Waals surface area (Å²) in [5, 5.41) is 17.6. The molecule has 1 saturated heterocycles. The third-order valence-electron chi connectivity index (χ3n) is 5.00. The molecule has 1 atom stereocenters. The van der Waals surface area contributed by atoms with Gasteiger partial charge in [0.25, 0.3) is 11.6 Å². The standard InChI is InChI=1S/C21H24N4O4.ClH/c1-24(2)18-10-9-14(12-19(18)25(28)29)20(26)16-7-3-4-8-17(16)21(27)23-13-15-6-5-11-22-15;/h3-4,7-10,12,15,22H,5-6,11,13H2,1-2H3,(H,23,27);1H. The number of amides is 1. The minimum atomic E-state index is -0.515. The Labute approximate surface area is 181 Å². The number of rotatable bonds is 7. The van der Waals surface area contributed by atoms with Crippen LogP contribution in [0.25, 0.3) is 0 Å². The summed E-state index contributed by atoms with van der Waals surface area (Å²) in [4.78, 5) is 38.3. The lowest BCUT2D eigenvalue weighted by molar-refractivity contribution is -0.384. The van der Waals surface area contributed by atoms with Crippen molar-refractivity contribution in [2.75, 3.05) is 32.1 Å². The second-order valence-corrected chi connectivity index (χ2v) is 7.23. The number of nitro benzene ring substituents is 1. The van der Waals surface area contributed by atoms with E-state index in [9.17, 15) is 19.7 Å². The maximum atomic E-state index is 13.1. The van der Waals surface area contributed by atoms with Crippen LogP contribution in [0.4, 0.5) is 11.4 Å². The third-order valence-corrected chi connectivity index (χ3v) is 5.00. The second-order valence-electron chi connectivity index (χ2n) is 7.23. The van der Waals surface area contributed by atoms with Gasteiger partial charge in [-0.3, -0.25) is 19.7 Å². The van der Waals surface area contributed by atoms with Crippen molar-refractivity contribution in [1.29, 1.82) is 0 Å². The number of ketones is 1. The molecule has 0 bridgehead atoms. The zero-order valence-electron chi connectivity index (χ0n) is 16.9. The van der Waals surface area contributed by atoms with E-state index in [1.807, 2.05) is 0 Å². The summed E-state index contributed by atoms with van der Waals surface area (Å²) in [5.41, 5.74) is 0.892. The molecule has 30 heavy (non-hydrogen) atoms. The number of benzene rings is 2. The van der Waals surface area contributed by atoms with Crippen molar-refractivity contribution in [2.45, 2.75) is 18.9 Å². The van der Waals surface area contributed by atoms with Crippen LogP contribution in [-0.4, -0.2) is 49.8 Å². The minimum absolute atomic E-state index is 0. The zero-order chi connectivity index (χ0) is 21.0. The van der Waals surface area contributed by atoms with Crippen molar-refractivity contribution in [3.05, 3.63) is 69.3 Å². The molecule has 1 heterocycles.